The second-order valence-corrected chi connectivity index (χ2v) is 9.27. The number of hydrogen-bond donors (Lipinski definition) is 1. The van der Waals surface area contributed by atoms with Crippen molar-refractivity contribution in [2.45, 2.75) is 40.2 Å². The molecule has 38 heavy (non-hydrogen) atoms. The van der Waals surface area contributed by atoms with Crippen LogP contribution in [-0.4, -0.2) is 69.2 Å². The van der Waals surface area contributed by atoms with Crippen LogP contribution in [0.25, 0.3) is 11.4 Å². The second-order valence-electron chi connectivity index (χ2n) is 9.27. The monoisotopic (exact) mass is 516 g/mol. The number of aliphatic hydroxyl groups is 1. The number of aliphatic hydroxyl groups excluding tert-OH is 1. The Morgan fingerprint density at radius 3 is 2.47 bits per heavy atom. The predicted molar refractivity (Wildman–Crippen MR) is 147 cm³/mol. The molecular weight excluding hydrogens is 480 g/mol. The van der Waals surface area contributed by atoms with Crippen LogP contribution in [0.15, 0.2) is 66.4 Å². The minimum absolute atomic E-state index is 0.0715. The molecule has 3 aromatic rings. The van der Waals surface area contributed by atoms with Crippen LogP contribution in [0.2, 0.25) is 0 Å². The van der Waals surface area contributed by atoms with Gasteiger partial charge in [0.15, 0.2) is 0 Å². The van der Waals surface area contributed by atoms with Crippen LogP contribution < -0.4 is 4.74 Å². The van der Waals surface area contributed by atoms with Crippen molar-refractivity contribution in [1.82, 2.24) is 19.6 Å². The van der Waals surface area contributed by atoms with Gasteiger partial charge in [0.05, 0.1) is 41.4 Å². The van der Waals surface area contributed by atoms with Crippen molar-refractivity contribution in [2.24, 2.45) is 0 Å². The minimum atomic E-state index is -0.730. The standard InChI is InChI=1S/C30H36N4O4/c1-5-32(6-2)17-12-18-33-27(22-13-11-16-24(19-22)38-7-3)26(29(36)30(33)37)28(35)25-20-31-34(21(25)4)23-14-9-8-10-15-23/h8-11,13-16,19-20,27,35H,5-7,12,17-18H2,1-4H3. The van der Waals surface area contributed by atoms with Gasteiger partial charge in [-0.25, -0.2) is 4.68 Å². The fraction of sp³-hybridized carbons (Fsp3) is 0.367. The number of para-hydroxylation sites is 1. The van der Waals surface area contributed by atoms with E-state index in [9.17, 15) is 14.7 Å². The molecule has 200 valence electrons. The molecule has 1 atom stereocenters. The first-order valence-electron chi connectivity index (χ1n) is 13.2. The number of carbonyl (C=O) groups is 2. The third-order valence-corrected chi connectivity index (χ3v) is 7.06. The van der Waals surface area contributed by atoms with Gasteiger partial charge in [0.25, 0.3) is 11.7 Å². The molecule has 2 heterocycles. The van der Waals surface area contributed by atoms with Gasteiger partial charge in [-0.15, -0.1) is 0 Å². The Morgan fingerprint density at radius 1 is 1.05 bits per heavy atom. The maximum absolute atomic E-state index is 13.4. The number of hydrogen-bond acceptors (Lipinski definition) is 6. The Kier molecular flexibility index (Phi) is 8.63. The summed E-state index contributed by atoms with van der Waals surface area (Å²) in [6.07, 6.45) is 2.25. The summed E-state index contributed by atoms with van der Waals surface area (Å²) >= 11 is 0. The van der Waals surface area contributed by atoms with E-state index in [2.05, 4.69) is 23.8 Å². The maximum Gasteiger partial charge on any atom is 0.295 e. The second kappa shape index (κ2) is 12.1. The number of amides is 1. The van der Waals surface area contributed by atoms with Crippen molar-refractivity contribution in [1.29, 1.82) is 0 Å². The molecule has 8 heteroatoms. The van der Waals surface area contributed by atoms with Crippen LogP contribution in [0.5, 0.6) is 5.75 Å². The highest BCUT2D eigenvalue weighted by Crippen LogP contribution is 2.41. The molecule has 1 aliphatic rings. The van der Waals surface area contributed by atoms with Crippen molar-refractivity contribution in [3.63, 3.8) is 0 Å². The summed E-state index contributed by atoms with van der Waals surface area (Å²) in [7, 11) is 0. The van der Waals surface area contributed by atoms with Crippen LogP contribution in [-0.2, 0) is 9.59 Å². The minimum Gasteiger partial charge on any atom is -0.507 e. The third-order valence-electron chi connectivity index (χ3n) is 7.06. The SMILES string of the molecule is CCOc1cccc(C2C(=C(O)c3cnn(-c4ccccc4)c3C)C(=O)C(=O)N2CCCN(CC)CC)c1. The lowest BCUT2D eigenvalue weighted by molar-refractivity contribution is -0.140. The van der Waals surface area contributed by atoms with Crippen molar-refractivity contribution in [3.05, 3.63) is 83.2 Å². The summed E-state index contributed by atoms with van der Waals surface area (Å²) < 4.78 is 7.41. The molecule has 1 N–H and O–H groups in total. The molecule has 1 amide bonds. The van der Waals surface area contributed by atoms with Gasteiger partial charge in [-0.2, -0.15) is 5.10 Å². The number of likely N-dealkylation sites (tertiary alicyclic amines) is 1. The fourth-order valence-corrected chi connectivity index (χ4v) is 5.02. The summed E-state index contributed by atoms with van der Waals surface area (Å²) in [6, 6.07) is 16.2. The molecular formula is C30H36N4O4. The quantitative estimate of drug-likeness (QED) is 0.225. The van der Waals surface area contributed by atoms with Crippen LogP contribution in [0.3, 0.4) is 0 Å². The van der Waals surface area contributed by atoms with Gasteiger partial charge in [0, 0.05) is 6.54 Å². The zero-order valence-corrected chi connectivity index (χ0v) is 22.6. The molecule has 8 nitrogen and oxygen atoms in total. The molecule has 1 aromatic heterocycles. The molecule has 0 saturated carbocycles. The Morgan fingerprint density at radius 2 is 1.79 bits per heavy atom. The number of carbonyl (C=O) groups excluding carboxylic acids is 2. The first-order chi connectivity index (χ1) is 18.4. The van der Waals surface area contributed by atoms with Gasteiger partial charge in [-0.1, -0.05) is 44.2 Å². The topological polar surface area (TPSA) is 87.9 Å². The number of nitrogens with zero attached hydrogens (tertiary/aromatic N) is 4. The summed E-state index contributed by atoms with van der Waals surface area (Å²) in [5.41, 5.74) is 2.71. The number of rotatable bonds is 11. The van der Waals surface area contributed by atoms with Gasteiger partial charge >= 0.3 is 0 Å². The molecule has 0 spiro atoms. The molecule has 0 radical (unpaired) electrons. The number of ketones is 1. The Bertz CT molecular complexity index is 1310. The van der Waals surface area contributed by atoms with Gasteiger partial charge in [-0.3, -0.25) is 9.59 Å². The van der Waals surface area contributed by atoms with Crippen LogP contribution >= 0.6 is 0 Å². The van der Waals surface area contributed by atoms with Crippen LogP contribution in [0, 0.1) is 6.92 Å². The van der Waals surface area contributed by atoms with Crippen molar-refractivity contribution < 1.29 is 19.4 Å². The van der Waals surface area contributed by atoms with E-state index in [1.54, 1.807) is 15.8 Å². The van der Waals surface area contributed by atoms with E-state index in [4.69, 9.17) is 4.74 Å². The van der Waals surface area contributed by atoms with E-state index in [1.807, 2.05) is 68.4 Å². The van der Waals surface area contributed by atoms with Crippen LogP contribution in [0.1, 0.15) is 50.1 Å². The molecule has 2 aromatic carbocycles. The van der Waals surface area contributed by atoms with Crippen molar-refractivity contribution >= 4 is 17.4 Å². The Balaban J connectivity index is 1.78. The first kappa shape index (κ1) is 27.1. The number of benzene rings is 2. The van der Waals surface area contributed by atoms with Crippen molar-refractivity contribution in [3.8, 4) is 11.4 Å². The summed E-state index contributed by atoms with van der Waals surface area (Å²) in [5, 5.41) is 16.0. The average Bonchev–Trinajstić information content (AvgIpc) is 3.44. The van der Waals surface area contributed by atoms with E-state index in [0.717, 1.165) is 25.3 Å². The molecule has 1 saturated heterocycles. The maximum atomic E-state index is 13.4. The normalized spacial score (nSPS) is 17.0. The highest BCUT2D eigenvalue weighted by molar-refractivity contribution is 6.46. The summed E-state index contributed by atoms with van der Waals surface area (Å²) in [6.45, 7) is 11.5. The molecule has 0 aliphatic carbocycles. The average molecular weight is 517 g/mol. The van der Waals surface area contributed by atoms with Gasteiger partial charge in [-0.05, 0) is 69.7 Å². The molecule has 0 bridgehead atoms. The largest absolute Gasteiger partial charge is 0.507 e. The smallest absolute Gasteiger partial charge is 0.295 e. The summed E-state index contributed by atoms with van der Waals surface area (Å²) in [5.74, 6) is -0.872. The highest BCUT2D eigenvalue weighted by atomic mass is 16.5. The molecule has 1 fully saturated rings. The van der Waals surface area contributed by atoms with Gasteiger partial charge in [0.1, 0.15) is 11.5 Å². The lowest BCUT2D eigenvalue weighted by Gasteiger charge is -2.27. The lowest BCUT2D eigenvalue weighted by Crippen LogP contribution is -2.33. The van der Waals surface area contributed by atoms with Crippen LogP contribution in [0.4, 0.5) is 0 Å². The van der Waals surface area contributed by atoms with E-state index in [0.29, 0.717) is 42.1 Å². The number of Topliss-reactive ketones (excluding diaryl/α,β-unsaturated/α-hetero) is 1. The first-order valence-corrected chi connectivity index (χ1v) is 13.2. The van der Waals surface area contributed by atoms with E-state index in [-0.39, 0.29) is 11.3 Å². The van der Waals surface area contributed by atoms with Gasteiger partial charge in [0.2, 0.25) is 0 Å². The number of ether oxygens (including phenoxy) is 1. The zero-order chi connectivity index (χ0) is 27.2. The third kappa shape index (κ3) is 5.36. The van der Waals surface area contributed by atoms with Crippen molar-refractivity contribution in [2.75, 3.05) is 32.8 Å². The van der Waals surface area contributed by atoms with E-state index >= 15 is 0 Å². The summed E-state index contributed by atoms with van der Waals surface area (Å²) in [4.78, 5) is 30.6. The van der Waals surface area contributed by atoms with E-state index < -0.39 is 17.7 Å². The molecule has 1 aliphatic heterocycles. The Labute approximate surface area is 224 Å². The number of aromatic nitrogens is 2. The molecule has 4 rings (SSSR count). The van der Waals surface area contributed by atoms with Gasteiger partial charge < -0.3 is 19.6 Å². The predicted octanol–water partition coefficient (Wildman–Crippen LogP) is 4.73. The highest BCUT2D eigenvalue weighted by Gasteiger charge is 2.46. The molecule has 1 unspecified atom stereocenters. The van der Waals surface area contributed by atoms with E-state index in [1.165, 1.54) is 0 Å². The Hall–Kier alpha value is -3.91. The zero-order valence-electron chi connectivity index (χ0n) is 22.6. The fourth-order valence-electron chi connectivity index (χ4n) is 5.02. The lowest BCUT2D eigenvalue weighted by atomic mass is 9.95.